The molecule has 0 aliphatic carbocycles. The lowest BCUT2D eigenvalue weighted by atomic mass is 10.0. The van der Waals surface area contributed by atoms with Crippen molar-refractivity contribution >= 4 is 49.5 Å². The summed E-state index contributed by atoms with van der Waals surface area (Å²) in [5.41, 5.74) is 1.21. The molecule has 0 aliphatic heterocycles. The summed E-state index contributed by atoms with van der Waals surface area (Å²) < 4.78 is 25.6. The smallest absolute Gasteiger partial charge is 0.259 e. The molecule has 3 N–H and O–H groups in total. The van der Waals surface area contributed by atoms with E-state index in [1.54, 1.807) is 31.3 Å². The Labute approximate surface area is 231 Å². The summed E-state index contributed by atoms with van der Waals surface area (Å²) in [4.78, 5) is 13.1. The number of hydrogen-bond acceptors (Lipinski definition) is 5. The average molecular weight is 559 g/mol. The van der Waals surface area contributed by atoms with Gasteiger partial charge >= 0.3 is 0 Å². The number of phenolic OH excluding ortho intramolecular Hbond substituents is 1. The van der Waals surface area contributed by atoms with Gasteiger partial charge in [-0.15, -0.1) is 0 Å². The number of carbonyl (C=O) groups excluding carboxylic acids is 1. The second-order valence-electron chi connectivity index (χ2n) is 9.71. The molecule has 0 heterocycles. The highest BCUT2D eigenvalue weighted by Gasteiger charge is 2.19. The average Bonchev–Trinajstić information content (AvgIpc) is 2.90. The third-order valence-electron chi connectivity index (χ3n) is 6.86. The first-order valence-corrected chi connectivity index (χ1v) is 15.6. The van der Waals surface area contributed by atoms with Gasteiger partial charge in [0.2, 0.25) is 0 Å². The summed E-state index contributed by atoms with van der Waals surface area (Å²) in [7, 11) is -1.68. The predicted molar refractivity (Wildman–Crippen MR) is 158 cm³/mol. The van der Waals surface area contributed by atoms with E-state index in [1.165, 1.54) is 56.7 Å². The van der Waals surface area contributed by atoms with Crippen LogP contribution in [0.2, 0.25) is 5.02 Å². The number of amides is 1. The van der Waals surface area contributed by atoms with Crippen LogP contribution >= 0.6 is 11.6 Å². The number of benzene rings is 3. The molecular formula is C30H39ClN2O4S. The standard InChI is InChI=1S/C30H39ClN2O4S/c1-3-4-5-6-7-8-9-10-11-12-20-38(36,37)22-16-19-28(26(31)21-22)33-30(35)25-18-17-23-24(29(25)34)14-13-15-27(23)32-2/h13-19,21,32,34H,3-12,20H2,1-2H3,(H,33,35). The summed E-state index contributed by atoms with van der Waals surface area (Å²) in [6, 6.07) is 13.1. The molecule has 0 saturated carbocycles. The van der Waals surface area contributed by atoms with Gasteiger partial charge in [0, 0.05) is 23.5 Å². The fourth-order valence-electron chi connectivity index (χ4n) is 4.62. The molecule has 0 saturated heterocycles. The fraction of sp³-hybridized carbons (Fsp3) is 0.433. The first-order chi connectivity index (χ1) is 18.3. The topological polar surface area (TPSA) is 95.5 Å². The molecule has 3 aromatic rings. The molecule has 0 fully saturated rings. The van der Waals surface area contributed by atoms with Gasteiger partial charge in [0.1, 0.15) is 5.75 Å². The Hall–Kier alpha value is -2.77. The zero-order chi connectivity index (χ0) is 27.5. The summed E-state index contributed by atoms with van der Waals surface area (Å²) in [6.07, 6.45) is 11.3. The highest BCUT2D eigenvalue weighted by atomic mass is 35.5. The minimum absolute atomic E-state index is 0.0745. The molecule has 3 aromatic carbocycles. The monoisotopic (exact) mass is 558 g/mol. The van der Waals surface area contributed by atoms with Gasteiger partial charge in [-0.1, -0.05) is 94.5 Å². The van der Waals surface area contributed by atoms with Gasteiger partial charge in [0.05, 0.1) is 26.9 Å². The molecule has 0 bridgehead atoms. The van der Waals surface area contributed by atoms with Crippen molar-refractivity contribution in [2.45, 2.75) is 76.0 Å². The zero-order valence-corrected chi connectivity index (χ0v) is 23.9. The van der Waals surface area contributed by atoms with Gasteiger partial charge in [0.15, 0.2) is 9.84 Å². The second-order valence-corrected chi connectivity index (χ2v) is 12.2. The molecule has 0 spiro atoms. The molecule has 6 nitrogen and oxygen atoms in total. The maximum Gasteiger partial charge on any atom is 0.259 e. The number of phenols is 1. The number of unbranched alkanes of at least 4 members (excludes halogenated alkanes) is 9. The van der Waals surface area contributed by atoms with Crippen LogP contribution in [0.4, 0.5) is 11.4 Å². The maximum absolute atomic E-state index is 12.9. The summed E-state index contributed by atoms with van der Waals surface area (Å²) >= 11 is 6.36. The Kier molecular flexibility index (Phi) is 11.3. The quantitative estimate of drug-likeness (QED) is 0.163. The Morgan fingerprint density at radius 2 is 1.50 bits per heavy atom. The number of carbonyl (C=O) groups is 1. The number of halogens is 1. The number of hydrogen-bond donors (Lipinski definition) is 3. The maximum atomic E-state index is 12.9. The molecule has 0 unspecified atom stereocenters. The predicted octanol–water partition coefficient (Wildman–Crippen LogP) is 8.19. The first kappa shape index (κ1) is 29.8. The lowest BCUT2D eigenvalue weighted by Crippen LogP contribution is -2.13. The molecule has 0 aliphatic rings. The number of aromatic hydroxyl groups is 1. The van der Waals surface area contributed by atoms with Gasteiger partial charge in [-0.25, -0.2) is 8.42 Å². The van der Waals surface area contributed by atoms with Gasteiger partial charge in [-0.2, -0.15) is 0 Å². The number of sulfone groups is 1. The van der Waals surface area contributed by atoms with Crippen LogP contribution in [0, 0.1) is 0 Å². The van der Waals surface area contributed by atoms with Gasteiger partial charge in [-0.05, 0) is 36.8 Å². The number of rotatable bonds is 15. The zero-order valence-electron chi connectivity index (χ0n) is 22.4. The van der Waals surface area contributed by atoms with Crippen molar-refractivity contribution in [1.82, 2.24) is 0 Å². The summed E-state index contributed by atoms with van der Waals surface area (Å²) in [5, 5.41) is 17.9. The number of anilines is 2. The Morgan fingerprint density at radius 1 is 0.842 bits per heavy atom. The van der Waals surface area contributed by atoms with Gasteiger partial charge in [-0.3, -0.25) is 4.79 Å². The van der Waals surface area contributed by atoms with Crippen LogP contribution in [0.25, 0.3) is 10.8 Å². The normalized spacial score (nSPS) is 11.6. The van der Waals surface area contributed by atoms with E-state index in [-0.39, 0.29) is 32.7 Å². The van der Waals surface area contributed by atoms with Crippen molar-refractivity contribution in [1.29, 1.82) is 0 Å². The third-order valence-corrected chi connectivity index (χ3v) is 8.97. The number of fused-ring (bicyclic) bond motifs is 1. The van der Waals surface area contributed by atoms with E-state index in [1.807, 2.05) is 6.07 Å². The lowest BCUT2D eigenvalue weighted by Gasteiger charge is -2.13. The molecule has 0 radical (unpaired) electrons. The highest BCUT2D eigenvalue weighted by Crippen LogP contribution is 2.34. The van der Waals surface area contributed by atoms with Crippen LogP contribution in [-0.4, -0.2) is 32.2 Å². The van der Waals surface area contributed by atoms with E-state index >= 15 is 0 Å². The van der Waals surface area contributed by atoms with Crippen LogP contribution < -0.4 is 10.6 Å². The van der Waals surface area contributed by atoms with E-state index in [0.717, 1.165) is 30.3 Å². The minimum Gasteiger partial charge on any atom is -0.506 e. The van der Waals surface area contributed by atoms with Crippen LogP contribution in [0.1, 0.15) is 81.5 Å². The molecular weight excluding hydrogens is 520 g/mol. The Bertz CT molecular complexity index is 1340. The largest absolute Gasteiger partial charge is 0.506 e. The molecule has 8 heteroatoms. The van der Waals surface area contributed by atoms with Crippen LogP contribution in [0.5, 0.6) is 5.75 Å². The molecule has 1 amide bonds. The van der Waals surface area contributed by atoms with Crippen LogP contribution in [0.15, 0.2) is 53.4 Å². The van der Waals surface area contributed by atoms with Crippen molar-refractivity contribution < 1.29 is 18.3 Å². The van der Waals surface area contributed by atoms with Gasteiger partial charge < -0.3 is 15.7 Å². The highest BCUT2D eigenvalue weighted by molar-refractivity contribution is 7.91. The number of nitrogens with one attached hydrogen (secondary N) is 2. The van der Waals surface area contributed by atoms with Crippen LogP contribution in [0.3, 0.4) is 0 Å². The van der Waals surface area contributed by atoms with Crippen molar-refractivity contribution in [2.75, 3.05) is 23.4 Å². The molecule has 206 valence electrons. The van der Waals surface area contributed by atoms with Crippen molar-refractivity contribution in [2.24, 2.45) is 0 Å². The van der Waals surface area contributed by atoms with Crippen molar-refractivity contribution in [3.8, 4) is 5.75 Å². The third kappa shape index (κ3) is 7.87. The summed E-state index contributed by atoms with van der Waals surface area (Å²) in [6.45, 7) is 2.22. The molecule has 3 rings (SSSR count). The first-order valence-electron chi connectivity index (χ1n) is 13.5. The Balaban J connectivity index is 1.56. The van der Waals surface area contributed by atoms with E-state index in [4.69, 9.17) is 11.6 Å². The molecule has 0 aromatic heterocycles. The lowest BCUT2D eigenvalue weighted by molar-refractivity contribution is 0.102. The van der Waals surface area contributed by atoms with Crippen LogP contribution in [-0.2, 0) is 9.84 Å². The molecule has 38 heavy (non-hydrogen) atoms. The van der Waals surface area contributed by atoms with E-state index in [2.05, 4.69) is 17.6 Å². The Morgan fingerprint density at radius 3 is 2.13 bits per heavy atom. The van der Waals surface area contributed by atoms with Gasteiger partial charge in [0.25, 0.3) is 5.91 Å². The fourth-order valence-corrected chi connectivity index (χ4v) is 6.31. The second kappa shape index (κ2) is 14.4. The summed E-state index contributed by atoms with van der Waals surface area (Å²) in [5.74, 6) is -0.600. The van der Waals surface area contributed by atoms with E-state index in [0.29, 0.717) is 11.8 Å². The minimum atomic E-state index is -3.47. The van der Waals surface area contributed by atoms with Crippen molar-refractivity contribution in [3.05, 3.63) is 59.1 Å². The van der Waals surface area contributed by atoms with E-state index < -0.39 is 15.7 Å². The molecule has 0 atom stereocenters. The van der Waals surface area contributed by atoms with E-state index in [9.17, 15) is 18.3 Å². The van der Waals surface area contributed by atoms with Crippen molar-refractivity contribution in [3.63, 3.8) is 0 Å². The SMILES string of the molecule is CCCCCCCCCCCCS(=O)(=O)c1ccc(NC(=O)c2ccc3c(NC)cccc3c2O)c(Cl)c1.